The third-order valence-electron chi connectivity index (χ3n) is 15.2. The lowest BCUT2D eigenvalue weighted by atomic mass is 9.33. The lowest BCUT2D eigenvalue weighted by Gasteiger charge is -2.72. The molecule has 0 radical (unpaired) electrons. The van der Waals surface area contributed by atoms with E-state index < -0.39 is 41.6 Å². The molecule has 1 unspecified atom stereocenters. The van der Waals surface area contributed by atoms with Crippen LogP contribution in [0.1, 0.15) is 106 Å². The van der Waals surface area contributed by atoms with Crippen LogP contribution >= 0.6 is 0 Å². The summed E-state index contributed by atoms with van der Waals surface area (Å²) >= 11 is 0. The van der Waals surface area contributed by atoms with Gasteiger partial charge in [-0.05, 0) is 104 Å². The van der Waals surface area contributed by atoms with Gasteiger partial charge in [0.05, 0.1) is 23.7 Å². The Morgan fingerprint density at radius 1 is 0.907 bits per heavy atom. The van der Waals surface area contributed by atoms with Gasteiger partial charge >= 0.3 is 5.97 Å². The molecule has 8 heteroatoms. The average Bonchev–Trinajstić information content (AvgIpc) is 2.92. The first-order valence-electron chi connectivity index (χ1n) is 16.9. The molecule has 43 heavy (non-hydrogen) atoms. The van der Waals surface area contributed by atoms with Gasteiger partial charge in [0.25, 0.3) is 0 Å². The zero-order valence-corrected chi connectivity index (χ0v) is 27.3. The smallest absolute Gasteiger partial charge is 0.310 e. The fourth-order valence-corrected chi connectivity index (χ4v) is 12.1. The Kier molecular flexibility index (Phi) is 7.41. The molecule has 0 amide bonds. The first-order valence-corrected chi connectivity index (χ1v) is 16.9. The van der Waals surface area contributed by atoms with Crippen LogP contribution in [0.15, 0.2) is 11.6 Å². The molecule has 0 bridgehead atoms. The van der Waals surface area contributed by atoms with E-state index >= 15 is 0 Å². The molecular weight excluding hydrogens is 548 g/mol. The van der Waals surface area contributed by atoms with Gasteiger partial charge in [0.15, 0.2) is 6.29 Å². The number of carboxylic acid groups (broad SMARTS) is 1. The molecule has 0 aromatic carbocycles. The van der Waals surface area contributed by atoms with Crippen LogP contribution in [-0.2, 0) is 14.3 Å². The number of aliphatic carboxylic acids is 1. The standard InChI is InChI=1S/C35H56O8/c1-19-10-15-35(29(39)40)17-16-32(5)20(27(35)34(19,7)41)8-9-23-31(4)13-12-24(30(2,3)22(31)11-14-33(23,32)6)43-28-26(38)25(37)21(36)18-42-28/h8,19,21-28,36-38,41H,9-18H2,1-7H3,(H,39,40)/t19-,21-,22?,23-,24+,25-,26-,27-,28-,31-,32+,33+,34-,35+/m1/s1. The molecule has 5 fully saturated rings. The Bertz CT molecular complexity index is 1160. The van der Waals surface area contributed by atoms with Crippen LogP contribution in [0.4, 0.5) is 0 Å². The van der Waals surface area contributed by atoms with Gasteiger partial charge in [0.2, 0.25) is 0 Å². The summed E-state index contributed by atoms with van der Waals surface area (Å²) in [4.78, 5) is 13.0. The monoisotopic (exact) mass is 604 g/mol. The quantitative estimate of drug-likeness (QED) is 0.232. The van der Waals surface area contributed by atoms with E-state index in [1.807, 2.05) is 6.92 Å². The normalized spacial score (nSPS) is 56.1. The van der Waals surface area contributed by atoms with E-state index in [9.17, 15) is 30.3 Å². The summed E-state index contributed by atoms with van der Waals surface area (Å²) in [6.07, 6.45) is 5.06. The molecule has 0 spiro atoms. The molecule has 6 rings (SSSR count). The summed E-state index contributed by atoms with van der Waals surface area (Å²) in [6.45, 7) is 15.8. The molecule has 4 saturated carbocycles. The van der Waals surface area contributed by atoms with Gasteiger partial charge < -0.3 is 35.0 Å². The minimum Gasteiger partial charge on any atom is -0.481 e. The third kappa shape index (κ3) is 4.11. The molecule has 1 heterocycles. The first-order chi connectivity index (χ1) is 19.9. The highest BCUT2D eigenvalue weighted by Gasteiger charge is 2.71. The zero-order valence-electron chi connectivity index (χ0n) is 27.3. The Balaban J connectivity index is 1.33. The van der Waals surface area contributed by atoms with E-state index in [0.29, 0.717) is 24.7 Å². The van der Waals surface area contributed by atoms with E-state index in [1.54, 1.807) is 0 Å². The van der Waals surface area contributed by atoms with Crippen molar-refractivity contribution in [3.05, 3.63) is 11.6 Å². The van der Waals surface area contributed by atoms with E-state index in [-0.39, 0.29) is 46.2 Å². The zero-order chi connectivity index (χ0) is 31.5. The molecule has 5 N–H and O–H groups in total. The molecule has 244 valence electrons. The summed E-state index contributed by atoms with van der Waals surface area (Å²) in [5.41, 5.74) is -1.16. The Morgan fingerprint density at radius 2 is 1.60 bits per heavy atom. The van der Waals surface area contributed by atoms with Crippen molar-refractivity contribution in [3.63, 3.8) is 0 Å². The fraction of sp³-hybridized carbons (Fsp3) is 0.914. The van der Waals surface area contributed by atoms with E-state index in [0.717, 1.165) is 44.9 Å². The number of hydrogen-bond donors (Lipinski definition) is 5. The lowest BCUT2D eigenvalue weighted by molar-refractivity contribution is -0.308. The summed E-state index contributed by atoms with van der Waals surface area (Å²) in [6, 6.07) is 0. The molecule has 1 aliphatic heterocycles. The Morgan fingerprint density at radius 3 is 2.28 bits per heavy atom. The maximum atomic E-state index is 13.0. The number of carbonyl (C=O) groups is 1. The molecule has 0 aromatic heterocycles. The number of aliphatic hydroxyl groups excluding tert-OH is 3. The van der Waals surface area contributed by atoms with Crippen LogP contribution in [-0.4, -0.2) is 74.4 Å². The summed E-state index contributed by atoms with van der Waals surface area (Å²) in [5.74, 6) is -0.306. The van der Waals surface area contributed by atoms with Gasteiger partial charge in [0.1, 0.15) is 18.3 Å². The second-order valence-electron chi connectivity index (χ2n) is 17.1. The highest BCUT2D eigenvalue weighted by Crippen LogP contribution is 2.76. The van der Waals surface area contributed by atoms with Crippen LogP contribution in [0, 0.1) is 50.7 Å². The number of carboxylic acids is 1. The van der Waals surface area contributed by atoms with Gasteiger partial charge in [-0.15, -0.1) is 0 Å². The van der Waals surface area contributed by atoms with Crippen molar-refractivity contribution in [2.24, 2.45) is 50.7 Å². The lowest BCUT2D eigenvalue weighted by Crippen LogP contribution is -2.68. The average molecular weight is 605 g/mol. The summed E-state index contributed by atoms with van der Waals surface area (Å²) in [5, 5.41) is 53.4. The van der Waals surface area contributed by atoms with Crippen LogP contribution in [0.5, 0.6) is 0 Å². The molecule has 5 aliphatic carbocycles. The summed E-state index contributed by atoms with van der Waals surface area (Å²) < 4.78 is 12.1. The molecule has 14 atom stereocenters. The number of hydrogen-bond acceptors (Lipinski definition) is 7. The topological polar surface area (TPSA) is 137 Å². The second kappa shape index (κ2) is 9.98. The summed E-state index contributed by atoms with van der Waals surface area (Å²) in [7, 11) is 0. The highest BCUT2D eigenvalue weighted by atomic mass is 16.7. The van der Waals surface area contributed by atoms with Crippen LogP contribution in [0.25, 0.3) is 0 Å². The van der Waals surface area contributed by atoms with Crippen molar-refractivity contribution >= 4 is 5.97 Å². The number of rotatable bonds is 3. The predicted molar refractivity (Wildman–Crippen MR) is 161 cm³/mol. The minimum absolute atomic E-state index is 0.0313. The van der Waals surface area contributed by atoms with Crippen molar-refractivity contribution < 1.29 is 39.8 Å². The largest absolute Gasteiger partial charge is 0.481 e. The maximum Gasteiger partial charge on any atom is 0.310 e. The molecule has 1 saturated heterocycles. The van der Waals surface area contributed by atoms with Crippen molar-refractivity contribution in [2.45, 2.75) is 143 Å². The molecule has 8 nitrogen and oxygen atoms in total. The van der Waals surface area contributed by atoms with Gasteiger partial charge in [-0.2, -0.15) is 0 Å². The minimum atomic E-state index is -1.30. The van der Waals surface area contributed by atoms with Gasteiger partial charge in [-0.1, -0.05) is 53.2 Å². The van der Waals surface area contributed by atoms with Gasteiger partial charge in [-0.25, -0.2) is 0 Å². The van der Waals surface area contributed by atoms with Crippen molar-refractivity contribution in [1.82, 2.24) is 0 Å². The number of fused-ring (bicyclic) bond motifs is 7. The molecule has 0 aromatic rings. The number of aliphatic hydroxyl groups is 4. The van der Waals surface area contributed by atoms with E-state index in [2.05, 4.69) is 47.6 Å². The molecule has 6 aliphatic rings. The van der Waals surface area contributed by atoms with Crippen molar-refractivity contribution in [1.29, 1.82) is 0 Å². The van der Waals surface area contributed by atoms with Crippen LogP contribution < -0.4 is 0 Å². The molecular formula is C35H56O8. The third-order valence-corrected chi connectivity index (χ3v) is 15.2. The van der Waals surface area contributed by atoms with Crippen molar-refractivity contribution in [3.8, 4) is 0 Å². The SMILES string of the molecule is C[C@@H]1CC[C@]2(C(=O)O)CC[C@@]3(C)C(=CC[C@H]4[C@]3(C)CCC3C(C)(C)[C@@H](O[C@H]5OC[C@@H](O)[C@@H](O)[C@H]5O)CC[C@]34C)[C@@H]2[C@]1(C)O. The van der Waals surface area contributed by atoms with Crippen LogP contribution in [0.3, 0.4) is 0 Å². The number of allylic oxidation sites excluding steroid dienone is 1. The Labute approximate surface area is 257 Å². The van der Waals surface area contributed by atoms with Crippen molar-refractivity contribution in [2.75, 3.05) is 6.61 Å². The first kappa shape index (κ1) is 31.9. The fourth-order valence-electron chi connectivity index (χ4n) is 12.1. The van der Waals surface area contributed by atoms with Gasteiger partial charge in [-0.3, -0.25) is 4.79 Å². The van der Waals surface area contributed by atoms with Gasteiger partial charge in [0, 0.05) is 5.92 Å². The second-order valence-corrected chi connectivity index (χ2v) is 17.1. The van der Waals surface area contributed by atoms with E-state index in [4.69, 9.17) is 9.47 Å². The maximum absolute atomic E-state index is 13.0. The Hall–Kier alpha value is -1.03. The van der Waals surface area contributed by atoms with E-state index in [1.165, 1.54) is 5.57 Å². The van der Waals surface area contributed by atoms with Crippen LogP contribution in [0.2, 0.25) is 0 Å². The number of ether oxygens (including phenoxy) is 2. The predicted octanol–water partition coefficient (Wildman–Crippen LogP) is 4.67. The highest BCUT2D eigenvalue weighted by molar-refractivity contribution is 5.77.